The van der Waals surface area contributed by atoms with Crippen LogP contribution in [0.4, 0.5) is 0 Å². The van der Waals surface area contributed by atoms with Crippen molar-refractivity contribution in [1.29, 1.82) is 0 Å². The highest BCUT2D eigenvalue weighted by Gasteiger charge is 2.26. The minimum absolute atomic E-state index is 0.0692. The summed E-state index contributed by atoms with van der Waals surface area (Å²) in [5.41, 5.74) is -1.26. The van der Waals surface area contributed by atoms with Crippen molar-refractivity contribution in [3.8, 4) is 0 Å². The number of hydrogen-bond acceptors (Lipinski definition) is 5. The van der Waals surface area contributed by atoms with Gasteiger partial charge in [0.15, 0.2) is 0 Å². The van der Waals surface area contributed by atoms with Crippen LogP contribution < -0.4 is 0 Å². The summed E-state index contributed by atoms with van der Waals surface area (Å²) < 4.78 is 9.53. The van der Waals surface area contributed by atoms with Gasteiger partial charge in [-0.3, -0.25) is 9.59 Å². The molecule has 0 radical (unpaired) electrons. The summed E-state index contributed by atoms with van der Waals surface area (Å²) in [6.07, 6.45) is -0.172. The van der Waals surface area contributed by atoms with Crippen LogP contribution in [0.5, 0.6) is 0 Å². The number of carbonyl (C=O) groups excluding carboxylic acids is 2. The lowest BCUT2D eigenvalue weighted by molar-refractivity contribution is -0.151. The predicted octanol–water partition coefficient (Wildman–Crippen LogP) is 0.872. The minimum Gasteiger partial charge on any atom is -0.481 e. The van der Waals surface area contributed by atoms with Crippen molar-refractivity contribution in [2.24, 2.45) is 0 Å². The number of esters is 2. The van der Waals surface area contributed by atoms with Crippen LogP contribution >= 0.6 is 27.5 Å². The van der Waals surface area contributed by atoms with Gasteiger partial charge < -0.3 is 14.6 Å². The monoisotopic (exact) mass is 400 g/mol. The third kappa shape index (κ3) is 8.20. The number of aliphatic carboxylic acids is 1. The summed E-state index contributed by atoms with van der Waals surface area (Å²) in [5.74, 6) is -2.16. The van der Waals surface area contributed by atoms with Gasteiger partial charge in [-0.1, -0.05) is 34.1 Å². The van der Waals surface area contributed by atoms with E-state index in [1.807, 2.05) is 22.0 Å². The summed E-state index contributed by atoms with van der Waals surface area (Å²) >= 11 is 2.01. The first-order chi connectivity index (χ1) is 8.75. The van der Waals surface area contributed by atoms with Gasteiger partial charge in [0, 0.05) is 5.57 Å². The molecule has 0 spiro atoms. The zero-order valence-corrected chi connectivity index (χ0v) is 13.8. The normalized spacial score (nSPS) is 13.2. The lowest BCUT2D eigenvalue weighted by Gasteiger charge is -2.14. The van der Waals surface area contributed by atoms with Crippen molar-refractivity contribution < 1.29 is 29.0 Å². The van der Waals surface area contributed by atoms with Gasteiger partial charge in [0.1, 0.15) is 20.8 Å². The van der Waals surface area contributed by atoms with Gasteiger partial charge >= 0.3 is 17.9 Å². The smallest absolute Gasteiger partial charge is 0.333 e. The van der Waals surface area contributed by atoms with E-state index in [1.54, 1.807) is 7.57 Å². The molecule has 0 rings (SSSR count). The second kappa shape index (κ2) is 9.31. The molecular weight excluding hydrogens is 385 g/mol. The largest absolute Gasteiger partial charge is 0.481 e. The maximum atomic E-state index is 11.4. The second-order valence-corrected chi connectivity index (χ2v) is 9.96. The first kappa shape index (κ1) is 18.4. The summed E-state index contributed by atoms with van der Waals surface area (Å²) in [4.78, 5) is 33.3. The van der Waals surface area contributed by atoms with E-state index in [2.05, 4.69) is 6.58 Å². The summed E-state index contributed by atoms with van der Waals surface area (Å²) in [5, 5.41) is 8.92. The highest BCUT2D eigenvalue weighted by atomic mass is 127. The van der Waals surface area contributed by atoms with Crippen molar-refractivity contribution >= 4 is 53.0 Å². The Morgan fingerprint density at radius 3 is 2.32 bits per heavy atom. The zero-order chi connectivity index (χ0) is 15.0. The van der Waals surface area contributed by atoms with E-state index in [1.165, 1.54) is 6.92 Å². The summed E-state index contributed by atoms with van der Waals surface area (Å²) in [7, 11) is 1.77. The fourth-order valence-electron chi connectivity index (χ4n) is 0.995. The highest BCUT2D eigenvalue weighted by Crippen LogP contribution is 2.46. The Balaban J connectivity index is 3.96. The summed E-state index contributed by atoms with van der Waals surface area (Å²) in [6.45, 7) is 4.75. The molecule has 9 heteroatoms. The lowest BCUT2D eigenvalue weighted by atomic mass is 10.3. The number of carboxylic acid groups (broad SMARTS) is 1. The van der Waals surface area contributed by atoms with E-state index in [4.69, 9.17) is 14.6 Å². The molecule has 1 N–H and O–H groups in total. The van der Waals surface area contributed by atoms with E-state index >= 15 is 0 Å². The number of hydrogen-bond donors (Lipinski definition) is 1. The lowest BCUT2D eigenvalue weighted by Crippen LogP contribution is -2.23. The molecule has 2 atom stereocenters. The average Bonchev–Trinajstić information content (AvgIpc) is 2.30. The number of ether oxygens (including phenoxy) is 2. The Labute approximate surface area is 126 Å². The van der Waals surface area contributed by atoms with E-state index in [0.717, 1.165) is 0 Å². The van der Waals surface area contributed by atoms with Gasteiger partial charge in [-0.15, -0.1) is 0 Å². The number of carbonyl (C=O) groups is 3. The standard InChI is InChI=1S/C10H15BIO6P/c1-6(2)10(16)18-4-3-17-8(13)5-7(9(14)15)19(11)12/h7H,1,3-5,11H2,2H3,(H,14,15). The quantitative estimate of drug-likeness (QED) is 0.163. The van der Waals surface area contributed by atoms with Crippen LogP contribution in [-0.2, 0) is 23.9 Å². The third-order valence-electron chi connectivity index (χ3n) is 2.00. The SMILES string of the molecule is BP(I)C(CC(=O)OCCOC(=O)C(=C)C)C(=O)O. The number of halogens is 1. The van der Waals surface area contributed by atoms with Gasteiger partial charge in [-0.2, -0.15) is 0 Å². The molecule has 0 aromatic heterocycles. The van der Waals surface area contributed by atoms with Gasteiger partial charge in [0.25, 0.3) is 0 Å². The molecule has 0 aliphatic carbocycles. The fourth-order valence-corrected chi connectivity index (χ4v) is 3.01. The number of carboxylic acids is 1. The predicted molar refractivity (Wildman–Crippen MR) is 82.3 cm³/mol. The Morgan fingerprint density at radius 2 is 1.89 bits per heavy atom. The molecule has 0 heterocycles. The van der Waals surface area contributed by atoms with Crippen LogP contribution in [0.15, 0.2) is 12.2 Å². The molecule has 0 aromatic rings. The molecule has 0 aliphatic rings. The molecule has 0 amide bonds. The third-order valence-corrected chi connectivity index (χ3v) is 5.28. The molecular formula is C10H15BIO6P. The fraction of sp³-hybridized carbons (Fsp3) is 0.500. The van der Waals surface area contributed by atoms with Crippen LogP contribution in [0.2, 0.25) is 0 Å². The van der Waals surface area contributed by atoms with Crippen molar-refractivity contribution in [2.75, 3.05) is 13.2 Å². The zero-order valence-electron chi connectivity index (χ0n) is 10.7. The van der Waals surface area contributed by atoms with Crippen molar-refractivity contribution in [3.05, 3.63) is 12.2 Å². The molecule has 106 valence electrons. The average molecular weight is 400 g/mol. The van der Waals surface area contributed by atoms with Crippen LogP contribution in [0, 0.1) is 0 Å². The molecule has 0 saturated carbocycles. The molecule has 0 aliphatic heterocycles. The first-order valence-electron chi connectivity index (χ1n) is 5.35. The van der Waals surface area contributed by atoms with Gasteiger partial charge in [0.2, 0.25) is 0 Å². The second-order valence-electron chi connectivity index (χ2n) is 3.72. The maximum absolute atomic E-state index is 11.4. The van der Waals surface area contributed by atoms with E-state index < -0.39 is 29.0 Å². The van der Waals surface area contributed by atoms with Crippen LogP contribution in [0.25, 0.3) is 0 Å². The van der Waals surface area contributed by atoms with Crippen molar-refractivity contribution in [3.63, 3.8) is 0 Å². The van der Waals surface area contributed by atoms with Gasteiger partial charge in [0.05, 0.1) is 12.1 Å². The Bertz CT molecular complexity index is 373. The highest BCUT2D eigenvalue weighted by molar-refractivity contribution is 14.2. The Hall–Kier alpha value is -0.625. The van der Waals surface area contributed by atoms with Gasteiger partial charge in [-0.25, -0.2) is 4.79 Å². The molecule has 6 nitrogen and oxygen atoms in total. The molecule has 0 saturated heterocycles. The van der Waals surface area contributed by atoms with Crippen molar-refractivity contribution in [1.82, 2.24) is 0 Å². The summed E-state index contributed by atoms with van der Waals surface area (Å²) in [6, 6.07) is 0. The number of rotatable bonds is 8. The topological polar surface area (TPSA) is 89.9 Å². The van der Waals surface area contributed by atoms with Crippen LogP contribution in [0.3, 0.4) is 0 Å². The molecule has 0 bridgehead atoms. The van der Waals surface area contributed by atoms with E-state index in [-0.39, 0.29) is 25.2 Å². The van der Waals surface area contributed by atoms with Crippen molar-refractivity contribution in [2.45, 2.75) is 19.0 Å². The maximum Gasteiger partial charge on any atom is 0.333 e. The molecule has 2 unspecified atom stereocenters. The first-order valence-corrected chi connectivity index (χ1v) is 9.99. The molecule has 19 heavy (non-hydrogen) atoms. The Kier molecular flexibility index (Phi) is 9.00. The minimum atomic E-state index is -1.01. The van der Waals surface area contributed by atoms with Crippen LogP contribution in [0.1, 0.15) is 13.3 Å². The van der Waals surface area contributed by atoms with E-state index in [9.17, 15) is 14.4 Å². The van der Waals surface area contributed by atoms with E-state index in [0.29, 0.717) is 0 Å². The Morgan fingerprint density at radius 1 is 1.37 bits per heavy atom. The van der Waals surface area contributed by atoms with Crippen LogP contribution in [-0.4, -0.2) is 49.5 Å². The molecule has 0 fully saturated rings. The molecule has 0 aromatic carbocycles. The van der Waals surface area contributed by atoms with Gasteiger partial charge in [-0.05, 0) is 6.92 Å².